The van der Waals surface area contributed by atoms with Crippen LogP contribution in [0.3, 0.4) is 0 Å². The lowest BCUT2D eigenvalue weighted by Gasteiger charge is -2.27. The van der Waals surface area contributed by atoms with Gasteiger partial charge in [0.25, 0.3) is 0 Å². The molecule has 2 heteroatoms. The van der Waals surface area contributed by atoms with E-state index in [-0.39, 0.29) is 0 Å². The highest BCUT2D eigenvalue weighted by molar-refractivity contribution is 7.08. The number of fused-ring (bicyclic) bond motifs is 3. The van der Waals surface area contributed by atoms with Gasteiger partial charge in [-0.15, -0.1) is 0 Å². The summed E-state index contributed by atoms with van der Waals surface area (Å²) in [6, 6.07) is 42.1. The van der Waals surface area contributed by atoms with Crippen molar-refractivity contribution in [1.29, 1.82) is 0 Å². The SMILES string of the molecule is CCCC(=C(CCC)c1ccc2cc(N(c3ccccc3)c3ccccc3)c3ccccc3c2c1)c1ccsc1. The van der Waals surface area contributed by atoms with Gasteiger partial charge in [-0.05, 0) is 104 Å². The van der Waals surface area contributed by atoms with Crippen LogP contribution < -0.4 is 4.90 Å². The Morgan fingerprint density at radius 3 is 1.77 bits per heavy atom. The zero-order chi connectivity index (χ0) is 27.3. The van der Waals surface area contributed by atoms with Gasteiger partial charge in [0.2, 0.25) is 0 Å². The predicted molar refractivity (Wildman–Crippen MR) is 177 cm³/mol. The van der Waals surface area contributed by atoms with Crippen LogP contribution in [-0.2, 0) is 0 Å². The third-order valence-electron chi connectivity index (χ3n) is 7.69. The molecule has 1 heterocycles. The molecule has 0 bridgehead atoms. The number of hydrogen-bond donors (Lipinski definition) is 0. The van der Waals surface area contributed by atoms with Gasteiger partial charge in [-0.25, -0.2) is 0 Å². The zero-order valence-electron chi connectivity index (χ0n) is 23.3. The van der Waals surface area contributed by atoms with E-state index in [1.165, 1.54) is 49.5 Å². The quantitative estimate of drug-likeness (QED) is 0.166. The van der Waals surface area contributed by atoms with Crippen molar-refractivity contribution in [3.05, 3.63) is 137 Å². The number of anilines is 3. The first kappa shape index (κ1) is 26.1. The Labute approximate surface area is 242 Å². The Bertz CT molecular complexity index is 1710. The fraction of sp³-hybridized carbons (Fsp3) is 0.158. The van der Waals surface area contributed by atoms with Gasteiger partial charge in [0, 0.05) is 16.8 Å². The summed E-state index contributed by atoms with van der Waals surface area (Å²) >= 11 is 1.79. The van der Waals surface area contributed by atoms with Crippen LogP contribution in [0.4, 0.5) is 17.1 Å². The fourth-order valence-corrected chi connectivity index (χ4v) is 6.58. The molecular weight excluding hydrogens is 502 g/mol. The maximum atomic E-state index is 2.45. The number of thiophene rings is 1. The molecule has 0 aliphatic heterocycles. The van der Waals surface area contributed by atoms with Crippen molar-refractivity contribution in [3.8, 4) is 0 Å². The normalized spacial score (nSPS) is 12.1. The largest absolute Gasteiger partial charge is 0.310 e. The average molecular weight is 538 g/mol. The number of benzene rings is 5. The summed E-state index contributed by atoms with van der Waals surface area (Å²) in [6.45, 7) is 4.58. The van der Waals surface area contributed by atoms with Crippen molar-refractivity contribution in [2.45, 2.75) is 39.5 Å². The van der Waals surface area contributed by atoms with E-state index in [2.05, 4.69) is 145 Å². The minimum Gasteiger partial charge on any atom is -0.310 e. The van der Waals surface area contributed by atoms with Crippen LogP contribution in [-0.4, -0.2) is 0 Å². The van der Waals surface area contributed by atoms with E-state index in [0.717, 1.165) is 37.1 Å². The van der Waals surface area contributed by atoms with Crippen LogP contribution in [0.25, 0.3) is 32.7 Å². The number of para-hydroxylation sites is 2. The molecule has 0 unspecified atom stereocenters. The van der Waals surface area contributed by atoms with Crippen LogP contribution in [0.1, 0.15) is 50.7 Å². The molecule has 40 heavy (non-hydrogen) atoms. The monoisotopic (exact) mass is 537 g/mol. The second-order valence-corrected chi connectivity index (χ2v) is 11.1. The average Bonchev–Trinajstić information content (AvgIpc) is 3.55. The summed E-state index contributed by atoms with van der Waals surface area (Å²) in [5.74, 6) is 0. The van der Waals surface area contributed by atoms with Gasteiger partial charge in [-0.2, -0.15) is 11.3 Å². The highest BCUT2D eigenvalue weighted by Crippen LogP contribution is 2.43. The maximum Gasteiger partial charge on any atom is 0.0546 e. The Kier molecular flexibility index (Phi) is 7.79. The molecule has 0 amide bonds. The smallest absolute Gasteiger partial charge is 0.0546 e. The first-order valence-corrected chi connectivity index (χ1v) is 15.3. The summed E-state index contributed by atoms with van der Waals surface area (Å²) in [5.41, 5.74) is 9.24. The highest BCUT2D eigenvalue weighted by atomic mass is 32.1. The minimum atomic E-state index is 1.09. The van der Waals surface area contributed by atoms with Crippen molar-refractivity contribution < 1.29 is 0 Å². The number of allylic oxidation sites excluding steroid dienone is 2. The number of rotatable bonds is 9. The van der Waals surface area contributed by atoms with Gasteiger partial charge in [-0.3, -0.25) is 0 Å². The van der Waals surface area contributed by atoms with E-state index < -0.39 is 0 Å². The molecule has 0 aliphatic carbocycles. The zero-order valence-corrected chi connectivity index (χ0v) is 24.1. The Morgan fingerprint density at radius 2 is 1.18 bits per heavy atom. The van der Waals surface area contributed by atoms with E-state index in [1.54, 1.807) is 11.3 Å². The first-order chi connectivity index (χ1) is 19.8. The summed E-state index contributed by atoms with van der Waals surface area (Å²) in [6.07, 6.45) is 4.47. The standard InChI is InChI=1S/C38H35NS/c1-3-13-33(34(14-4-2)30-23-24-40-27-30)28-21-22-29-26-38(36-20-12-11-19-35(36)37(29)25-28)39(31-15-7-5-8-16-31)32-17-9-6-10-18-32/h5-12,15-27H,3-4,13-14H2,1-2H3. The van der Waals surface area contributed by atoms with Gasteiger partial charge >= 0.3 is 0 Å². The third-order valence-corrected chi connectivity index (χ3v) is 8.37. The molecule has 0 aliphatic rings. The lowest BCUT2D eigenvalue weighted by Crippen LogP contribution is -2.10. The molecule has 0 spiro atoms. The molecular formula is C38H35NS. The number of hydrogen-bond acceptors (Lipinski definition) is 2. The van der Waals surface area contributed by atoms with Gasteiger partial charge in [0.1, 0.15) is 0 Å². The second kappa shape index (κ2) is 11.9. The summed E-state index contributed by atoms with van der Waals surface area (Å²) < 4.78 is 0. The molecule has 198 valence electrons. The van der Waals surface area contributed by atoms with E-state index in [1.807, 2.05) is 0 Å². The lowest BCUT2D eigenvalue weighted by molar-refractivity contribution is 0.945. The molecule has 1 aromatic heterocycles. The van der Waals surface area contributed by atoms with E-state index >= 15 is 0 Å². The second-order valence-electron chi connectivity index (χ2n) is 10.4. The Morgan fingerprint density at radius 1 is 0.575 bits per heavy atom. The lowest BCUT2D eigenvalue weighted by atomic mass is 9.88. The molecule has 0 fully saturated rings. The van der Waals surface area contributed by atoms with E-state index in [4.69, 9.17) is 0 Å². The maximum absolute atomic E-state index is 2.45. The van der Waals surface area contributed by atoms with Gasteiger partial charge in [0.15, 0.2) is 0 Å². The van der Waals surface area contributed by atoms with Crippen LogP contribution in [0.2, 0.25) is 0 Å². The van der Waals surface area contributed by atoms with Gasteiger partial charge in [0.05, 0.1) is 5.69 Å². The highest BCUT2D eigenvalue weighted by Gasteiger charge is 2.18. The van der Waals surface area contributed by atoms with Crippen molar-refractivity contribution >= 4 is 61.1 Å². The van der Waals surface area contributed by atoms with Gasteiger partial charge in [-0.1, -0.05) is 99.5 Å². The van der Waals surface area contributed by atoms with Crippen LogP contribution >= 0.6 is 11.3 Å². The topological polar surface area (TPSA) is 3.24 Å². The first-order valence-electron chi connectivity index (χ1n) is 14.4. The van der Waals surface area contributed by atoms with E-state index in [9.17, 15) is 0 Å². The van der Waals surface area contributed by atoms with Crippen LogP contribution in [0, 0.1) is 0 Å². The molecule has 0 N–H and O–H groups in total. The number of nitrogens with zero attached hydrogens (tertiary/aromatic N) is 1. The third kappa shape index (κ3) is 5.08. The molecule has 0 saturated heterocycles. The van der Waals surface area contributed by atoms with Crippen molar-refractivity contribution in [3.63, 3.8) is 0 Å². The molecule has 0 atom stereocenters. The summed E-state index contributed by atoms with van der Waals surface area (Å²) in [4.78, 5) is 2.38. The van der Waals surface area contributed by atoms with E-state index in [0.29, 0.717) is 0 Å². The summed E-state index contributed by atoms with van der Waals surface area (Å²) in [5, 5.41) is 9.63. The van der Waals surface area contributed by atoms with Crippen molar-refractivity contribution in [1.82, 2.24) is 0 Å². The fourth-order valence-electron chi connectivity index (χ4n) is 5.91. The molecule has 5 aromatic carbocycles. The Hall–Kier alpha value is -4.14. The molecule has 1 nitrogen and oxygen atoms in total. The molecule has 0 saturated carbocycles. The molecule has 6 aromatic rings. The van der Waals surface area contributed by atoms with Crippen molar-refractivity contribution in [2.24, 2.45) is 0 Å². The van der Waals surface area contributed by atoms with Crippen LogP contribution in [0.5, 0.6) is 0 Å². The minimum absolute atomic E-state index is 1.09. The molecule has 6 rings (SSSR count). The Balaban J connectivity index is 1.59. The van der Waals surface area contributed by atoms with Crippen LogP contribution in [0.15, 0.2) is 126 Å². The molecule has 0 radical (unpaired) electrons. The summed E-state index contributed by atoms with van der Waals surface area (Å²) in [7, 11) is 0. The van der Waals surface area contributed by atoms with Crippen molar-refractivity contribution in [2.75, 3.05) is 4.90 Å². The van der Waals surface area contributed by atoms with Gasteiger partial charge < -0.3 is 4.90 Å². The predicted octanol–water partition coefficient (Wildman–Crippen LogP) is 12.0.